The molecule has 0 radical (unpaired) electrons. The SMILES string of the molecule is CC1C=C2CCCCCCCCC(C1)O2. The summed E-state index contributed by atoms with van der Waals surface area (Å²) >= 11 is 0. The molecule has 0 N–H and O–H groups in total. The van der Waals surface area contributed by atoms with Crippen molar-refractivity contribution in [3.63, 3.8) is 0 Å². The number of ether oxygens (including phenoxy) is 1. The van der Waals surface area contributed by atoms with Crippen molar-refractivity contribution in [2.75, 3.05) is 0 Å². The molecule has 15 heavy (non-hydrogen) atoms. The van der Waals surface area contributed by atoms with Crippen molar-refractivity contribution in [2.45, 2.75) is 70.8 Å². The lowest BCUT2D eigenvalue weighted by molar-refractivity contribution is 0.0669. The first kappa shape index (κ1) is 11.0. The summed E-state index contributed by atoms with van der Waals surface area (Å²) in [4.78, 5) is 0. The fourth-order valence-electron chi connectivity index (χ4n) is 2.80. The predicted octanol–water partition coefficient (Wildman–Crippen LogP) is 4.43. The van der Waals surface area contributed by atoms with Gasteiger partial charge in [0.15, 0.2) is 0 Å². The van der Waals surface area contributed by atoms with Crippen LogP contribution in [0.5, 0.6) is 0 Å². The highest BCUT2D eigenvalue weighted by Crippen LogP contribution is 2.29. The smallest absolute Gasteiger partial charge is 0.0987 e. The predicted molar refractivity (Wildman–Crippen MR) is 63.7 cm³/mol. The molecule has 0 aromatic carbocycles. The van der Waals surface area contributed by atoms with Crippen LogP contribution >= 0.6 is 0 Å². The number of rotatable bonds is 0. The summed E-state index contributed by atoms with van der Waals surface area (Å²) in [5, 5.41) is 0. The highest BCUT2D eigenvalue weighted by Gasteiger charge is 2.20. The van der Waals surface area contributed by atoms with Crippen LogP contribution in [0.3, 0.4) is 0 Å². The lowest BCUT2D eigenvalue weighted by atomic mass is 9.96. The van der Waals surface area contributed by atoms with Gasteiger partial charge in [-0.3, -0.25) is 0 Å². The Labute approximate surface area is 93.9 Å². The third-order valence-corrected chi connectivity index (χ3v) is 3.62. The molecule has 2 atom stereocenters. The number of hydrogen-bond donors (Lipinski definition) is 0. The first-order chi connectivity index (χ1) is 7.34. The van der Waals surface area contributed by atoms with E-state index in [1.807, 2.05) is 0 Å². The Morgan fingerprint density at radius 1 is 1.07 bits per heavy atom. The third-order valence-electron chi connectivity index (χ3n) is 3.62. The van der Waals surface area contributed by atoms with Crippen LogP contribution in [-0.4, -0.2) is 6.10 Å². The average molecular weight is 208 g/mol. The molecule has 2 bridgehead atoms. The van der Waals surface area contributed by atoms with Gasteiger partial charge in [0.1, 0.15) is 0 Å². The number of fused-ring (bicyclic) bond motifs is 2. The Morgan fingerprint density at radius 3 is 2.67 bits per heavy atom. The summed E-state index contributed by atoms with van der Waals surface area (Å²) < 4.78 is 6.05. The molecule has 0 aliphatic carbocycles. The third kappa shape index (κ3) is 3.55. The molecule has 0 aromatic heterocycles. The molecule has 2 aliphatic heterocycles. The molecule has 0 aromatic rings. The lowest BCUT2D eigenvalue weighted by Gasteiger charge is -2.28. The second kappa shape index (κ2) is 5.58. The molecule has 1 fully saturated rings. The molecule has 1 heteroatoms. The van der Waals surface area contributed by atoms with E-state index in [-0.39, 0.29) is 0 Å². The molecular formula is C14H24O. The van der Waals surface area contributed by atoms with Crippen LogP contribution in [0, 0.1) is 5.92 Å². The van der Waals surface area contributed by atoms with Crippen molar-refractivity contribution >= 4 is 0 Å². The molecular weight excluding hydrogens is 184 g/mol. The van der Waals surface area contributed by atoms with Gasteiger partial charge in [-0.15, -0.1) is 0 Å². The van der Waals surface area contributed by atoms with Gasteiger partial charge in [0.25, 0.3) is 0 Å². The molecule has 2 unspecified atom stereocenters. The van der Waals surface area contributed by atoms with E-state index < -0.39 is 0 Å². The van der Waals surface area contributed by atoms with Crippen molar-refractivity contribution in [3.05, 3.63) is 11.8 Å². The van der Waals surface area contributed by atoms with Gasteiger partial charge < -0.3 is 4.74 Å². The van der Waals surface area contributed by atoms with Crippen molar-refractivity contribution in [2.24, 2.45) is 5.92 Å². The Kier molecular flexibility index (Phi) is 4.10. The van der Waals surface area contributed by atoms with Gasteiger partial charge in [0.05, 0.1) is 11.9 Å². The maximum Gasteiger partial charge on any atom is 0.0987 e. The summed E-state index contributed by atoms with van der Waals surface area (Å²) in [6.07, 6.45) is 14.9. The van der Waals surface area contributed by atoms with Gasteiger partial charge in [0.2, 0.25) is 0 Å². The standard InChI is InChI=1S/C14H24O/c1-12-10-13-8-6-4-2-3-5-7-9-14(11-12)15-13/h10,12,14H,2-9,11H2,1H3. The monoisotopic (exact) mass is 208 g/mol. The number of hydrogen-bond acceptors (Lipinski definition) is 1. The van der Waals surface area contributed by atoms with Crippen LogP contribution in [-0.2, 0) is 4.74 Å². The van der Waals surface area contributed by atoms with Gasteiger partial charge in [-0.05, 0) is 37.7 Å². The maximum atomic E-state index is 6.05. The van der Waals surface area contributed by atoms with Crippen molar-refractivity contribution in [1.29, 1.82) is 0 Å². The van der Waals surface area contributed by atoms with E-state index in [0.717, 1.165) is 5.92 Å². The summed E-state index contributed by atoms with van der Waals surface area (Å²) in [5.41, 5.74) is 0. The largest absolute Gasteiger partial charge is 0.495 e. The zero-order valence-corrected chi connectivity index (χ0v) is 10.0. The summed E-state index contributed by atoms with van der Waals surface area (Å²) in [7, 11) is 0. The minimum absolute atomic E-state index is 0.526. The first-order valence-corrected chi connectivity index (χ1v) is 6.72. The van der Waals surface area contributed by atoms with E-state index in [9.17, 15) is 0 Å². The Morgan fingerprint density at radius 2 is 1.80 bits per heavy atom. The molecule has 0 spiro atoms. The molecule has 2 heterocycles. The van der Waals surface area contributed by atoms with Crippen LogP contribution in [0.1, 0.15) is 64.7 Å². The van der Waals surface area contributed by atoms with Crippen LogP contribution in [0.4, 0.5) is 0 Å². The summed E-state index contributed by atoms with van der Waals surface area (Å²) in [6, 6.07) is 0. The average Bonchev–Trinajstić information content (AvgIpc) is 2.23. The van der Waals surface area contributed by atoms with E-state index in [1.54, 1.807) is 0 Å². The molecule has 1 nitrogen and oxygen atoms in total. The maximum absolute atomic E-state index is 6.05. The summed E-state index contributed by atoms with van der Waals surface area (Å²) in [6.45, 7) is 2.33. The topological polar surface area (TPSA) is 9.23 Å². The van der Waals surface area contributed by atoms with Crippen LogP contribution in [0.15, 0.2) is 11.8 Å². The van der Waals surface area contributed by atoms with Crippen molar-refractivity contribution < 1.29 is 4.74 Å². The minimum Gasteiger partial charge on any atom is -0.495 e. The van der Waals surface area contributed by atoms with Crippen LogP contribution in [0.25, 0.3) is 0 Å². The number of allylic oxidation sites excluding steroid dienone is 2. The van der Waals surface area contributed by atoms with Gasteiger partial charge in [0, 0.05) is 6.42 Å². The van der Waals surface area contributed by atoms with E-state index in [1.165, 1.54) is 63.5 Å². The highest BCUT2D eigenvalue weighted by atomic mass is 16.5. The van der Waals surface area contributed by atoms with E-state index in [2.05, 4.69) is 13.0 Å². The normalized spacial score (nSPS) is 33.5. The van der Waals surface area contributed by atoms with E-state index in [0.29, 0.717) is 6.10 Å². The quantitative estimate of drug-likeness (QED) is 0.572. The Bertz CT molecular complexity index is 219. The second-order valence-electron chi connectivity index (χ2n) is 5.25. The molecule has 0 saturated carbocycles. The van der Waals surface area contributed by atoms with E-state index in [4.69, 9.17) is 4.74 Å². The Balaban J connectivity index is 1.95. The fourth-order valence-corrected chi connectivity index (χ4v) is 2.80. The molecule has 0 amide bonds. The molecule has 2 aliphatic rings. The van der Waals surface area contributed by atoms with E-state index >= 15 is 0 Å². The van der Waals surface area contributed by atoms with Gasteiger partial charge in [-0.1, -0.05) is 32.6 Å². The second-order valence-corrected chi connectivity index (χ2v) is 5.25. The fraction of sp³-hybridized carbons (Fsp3) is 0.857. The molecule has 2 rings (SSSR count). The Hall–Kier alpha value is -0.460. The van der Waals surface area contributed by atoms with Crippen molar-refractivity contribution in [1.82, 2.24) is 0 Å². The van der Waals surface area contributed by atoms with Crippen molar-refractivity contribution in [3.8, 4) is 0 Å². The zero-order valence-electron chi connectivity index (χ0n) is 10.0. The molecule has 86 valence electrons. The highest BCUT2D eigenvalue weighted by molar-refractivity contribution is 5.01. The lowest BCUT2D eigenvalue weighted by Crippen LogP contribution is -2.20. The molecule has 1 saturated heterocycles. The van der Waals surface area contributed by atoms with Crippen LogP contribution in [0.2, 0.25) is 0 Å². The summed E-state index contributed by atoms with van der Waals surface area (Å²) in [5.74, 6) is 2.03. The minimum atomic E-state index is 0.526. The van der Waals surface area contributed by atoms with Gasteiger partial charge in [-0.2, -0.15) is 0 Å². The van der Waals surface area contributed by atoms with Gasteiger partial charge in [-0.25, -0.2) is 0 Å². The zero-order chi connectivity index (χ0) is 10.5. The van der Waals surface area contributed by atoms with Gasteiger partial charge >= 0.3 is 0 Å². The first-order valence-electron chi connectivity index (χ1n) is 6.72. The van der Waals surface area contributed by atoms with Crippen LogP contribution < -0.4 is 0 Å².